The van der Waals surface area contributed by atoms with Gasteiger partial charge in [-0.1, -0.05) is 13.3 Å². The third-order valence-electron chi connectivity index (χ3n) is 3.80. The number of hydrogen-bond donors (Lipinski definition) is 1. The first-order valence-corrected chi connectivity index (χ1v) is 8.62. The highest BCUT2D eigenvalue weighted by Crippen LogP contribution is 2.22. The normalized spacial score (nSPS) is 21.5. The molecule has 0 spiro atoms. The van der Waals surface area contributed by atoms with Crippen molar-refractivity contribution in [3.63, 3.8) is 0 Å². The minimum atomic E-state index is -3.19. The van der Waals surface area contributed by atoms with Gasteiger partial charge in [-0.25, -0.2) is 8.42 Å². The summed E-state index contributed by atoms with van der Waals surface area (Å²) in [5.74, 6) is 0. The molecule has 1 atom stereocenters. The van der Waals surface area contributed by atoms with E-state index in [0.717, 1.165) is 25.9 Å². The standard InChI is InChI=1S/C13H29N3O2S/c1-5-6-12(11-14)15-7-9-16(10-8-15)19(17,18)13(2,3)4/h12H,5-11,14H2,1-4H3. The molecule has 114 valence electrons. The van der Waals surface area contributed by atoms with Gasteiger partial charge in [0.25, 0.3) is 0 Å². The fourth-order valence-electron chi connectivity index (χ4n) is 2.48. The first-order valence-electron chi connectivity index (χ1n) is 7.17. The minimum Gasteiger partial charge on any atom is -0.329 e. The lowest BCUT2D eigenvalue weighted by Gasteiger charge is -2.40. The largest absolute Gasteiger partial charge is 0.329 e. The van der Waals surface area contributed by atoms with Gasteiger partial charge in [-0.15, -0.1) is 0 Å². The van der Waals surface area contributed by atoms with Crippen LogP contribution in [0.15, 0.2) is 0 Å². The molecule has 1 unspecified atom stereocenters. The Morgan fingerprint density at radius 1 is 1.16 bits per heavy atom. The van der Waals surface area contributed by atoms with Crippen molar-refractivity contribution in [1.29, 1.82) is 0 Å². The summed E-state index contributed by atoms with van der Waals surface area (Å²) in [6.07, 6.45) is 2.20. The number of nitrogens with zero attached hydrogens (tertiary/aromatic N) is 2. The van der Waals surface area contributed by atoms with E-state index in [0.29, 0.717) is 25.7 Å². The molecule has 1 aliphatic rings. The molecule has 0 saturated carbocycles. The molecule has 0 aromatic rings. The second-order valence-electron chi connectivity index (χ2n) is 6.23. The van der Waals surface area contributed by atoms with Crippen LogP contribution in [0, 0.1) is 0 Å². The van der Waals surface area contributed by atoms with Crippen molar-refractivity contribution in [2.75, 3.05) is 32.7 Å². The summed E-state index contributed by atoms with van der Waals surface area (Å²) in [7, 11) is -3.19. The molecule has 0 amide bonds. The smallest absolute Gasteiger partial charge is 0.219 e. The second-order valence-corrected chi connectivity index (χ2v) is 8.92. The van der Waals surface area contributed by atoms with Crippen molar-refractivity contribution in [2.24, 2.45) is 5.73 Å². The molecule has 0 aliphatic carbocycles. The van der Waals surface area contributed by atoms with Gasteiger partial charge in [0.05, 0.1) is 4.75 Å². The van der Waals surface area contributed by atoms with E-state index >= 15 is 0 Å². The zero-order valence-corrected chi connectivity index (χ0v) is 13.5. The zero-order chi connectivity index (χ0) is 14.7. The molecule has 19 heavy (non-hydrogen) atoms. The Hall–Kier alpha value is -0.170. The van der Waals surface area contributed by atoms with E-state index in [1.807, 2.05) is 0 Å². The van der Waals surface area contributed by atoms with Gasteiger partial charge in [-0.2, -0.15) is 4.31 Å². The van der Waals surface area contributed by atoms with Crippen LogP contribution in [0.1, 0.15) is 40.5 Å². The summed E-state index contributed by atoms with van der Waals surface area (Å²) in [6, 6.07) is 0.393. The van der Waals surface area contributed by atoms with Crippen molar-refractivity contribution < 1.29 is 8.42 Å². The third-order valence-corrected chi connectivity index (χ3v) is 6.39. The topological polar surface area (TPSA) is 66.6 Å². The maximum atomic E-state index is 12.4. The van der Waals surface area contributed by atoms with E-state index in [2.05, 4.69) is 11.8 Å². The van der Waals surface area contributed by atoms with Gasteiger partial charge in [0.15, 0.2) is 0 Å². The summed E-state index contributed by atoms with van der Waals surface area (Å²) in [5, 5.41) is 0. The van der Waals surface area contributed by atoms with E-state index < -0.39 is 14.8 Å². The van der Waals surface area contributed by atoms with Crippen LogP contribution in [-0.2, 0) is 10.0 Å². The summed E-state index contributed by atoms with van der Waals surface area (Å²) < 4.78 is 25.6. The Bertz CT molecular complexity index is 368. The van der Waals surface area contributed by atoms with E-state index in [9.17, 15) is 8.42 Å². The molecule has 1 rings (SSSR count). The van der Waals surface area contributed by atoms with Crippen molar-refractivity contribution >= 4 is 10.0 Å². The maximum absolute atomic E-state index is 12.4. The van der Waals surface area contributed by atoms with Gasteiger partial charge >= 0.3 is 0 Å². The van der Waals surface area contributed by atoms with E-state index in [-0.39, 0.29) is 0 Å². The summed E-state index contributed by atoms with van der Waals surface area (Å²) in [5.41, 5.74) is 5.81. The van der Waals surface area contributed by atoms with Crippen LogP contribution in [-0.4, -0.2) is 61.1 Å². The second kappa shape index (κ2) is 6.52. The van der Waals surface area contributed by atoms with Crippen molar-refractivity contribution in [2.45, 2.75) is 51.3 Å². The fourth-order valence-corrected chi connectivity index (χ4v) is 3.90. The summed E-state index contributed by atoms with van der Waals surface area (Å²) in [4.78, 5) is 2.33. The van der Waals surface area contributed by atoms with Crippen LogP contribution < -0.4 is 5.73 Å². The van der Waals surface area contributed by atoms with E-state index in [1.165, 1.54) is 0 Å². The van der Waals surface area contributed by atoms with E-state index in [4.69, 9.17) is 5.73 Å². The Morgan fingerprint density at radius 3 is 2.05 bits per heavy atom. The number of rotatable bonds is 5. The Labute approximate surface area is 118 Å². The van der Waals surface area contributed by atoms with Crippen LogP contribution in [0.2, 0.25) is 0 Å². The predicted octanol–water partition coefficient (Wildman–Crippen LogP) is 0.860. The highest BCUT2D eigenvalue weighted by Gasteiger charge is 2.37. The van der Waals surface area contributed by atoms with Gasteiger partial charge in [-0.05, 0) is 27.2 Å². The monoisotopic (exact) mass is 291 g/mol. The highest BCUT2D eigenvalue weighted by molar-refractivity contribution is 7.90. The van der Waals surface area contributed by atoms with Crippen LogP contribution in [0.5, 0.6) is 0 Å². The lowest BCUT2D eigenvalue weighted by atomic mass is 10.1. The number of piperazine rings is 1. The molecular weight excluding hydrogens is 262 g/mol. The number of sulfonamides is 1. The molecule has 0 aromatic heterocycles. The lowest BCUT2D eigenvalue weighted by Crippen LogP contribution is -2.56. The number of nitrogens with two attached hydrogens (primary N) is 1. The van der Waals surface area contributed by atoms with Crippen LogP contribution in [0.3, 0.4) is 0 Å². The van der Waals surface area contributed by atoms with Gasteiger partial charge in [0.1, 0.15) is 0 Å². The molecule has 2 N–H and O–H groups in total. The summed E-state index contributed by atoms with van der Waals surface area (Å²) >= 11 is 0. The minimum absolute atomic E-state index is 0.393. The van der Waals surface area contributed by atoms with Gasteiger partial charge in [0, 0.05) is 38.8 Å². The average Bonchev–Trinajstić information content (AvgIpc) is 2.35. The first-order chi connectivity index (χ1) is 8.74. The van der Waals surface area contributed by atoms with Gasteiger partial charge in [-0.3, -0.25) is 4.90 Å². The Balaban J connectivity index is 2.63. The molecule has 0 radical (unpaired) electrons. The van der Waals surface area contributed by atoms with E-state index in [1.54, 1.807) is 25.1 Å². The van der Waals surface area contributed by atoms with Gasteiger partial charge in [0.2, 0.25) is 10.0 Å². The molecule has 0 aromatic carbocycles. The van der Waals surface area contributed by atoms with Crippen LogP contribution >= 0.6 is 0 Å². The van der Waals surface area contributed by atoms with Gasteiger partial charge < -0.3 is 5.73 Å². The van der Waals surface area contributed by atoms with Crippen molar-refractivity contribution in [3.05, 3.63) is 0 Å². The SMILES string of the molecule is CCCC(CN)N1CCN(S(=O)(=O)C(C)(C)C)CC1. The predicted molar refractivity (Wildman–Crippen MR) is 79.6 cm³/mol. The number of hydrogen-bond acceptors (Lipinski definition) is 4. The molecule has 1 fully saturated rings. The Morgan fingerprint density at radius 2 is 1.68 bits per heavy atom. The fraction of sp³-hybridized carbons (Fsp3) is 1.00. The summed E-state index contributed by atoms with van der Waals surface area (Å²) in [6.45, 7) is 10.8. The highest BCUT2D eigenvalue weighted by atomic mass is 32.2. The Kier molecular flexibility index (Phi) is 5.79. The molecule has 5 nitrogen and oxygen atoms in total. The molecule has 1 heterocycles. The molecule has 1 aliphatic heterocycles. The molecule has 6 heteroatoms. The average molecular weight is 291 g/mol. The zero-order valence-electron chi connectivity index (χ0n) is 12.7. The lowest BCUT2D eigenvalue weighted by molar-refractivity contribution is 0.132. The molecular formula is C13H29N3O2S. The quantitative estimate of drug-likeness (QED) is 0.816. The third kappa shape index (κ3) is 3.90. The van der Waals surface area contributed by atoms with Crippen molar-refractivity contribution in [3.8, 4) is 0 Å². The molecule has 0 bridgehead atoms. The first kappa shape index (κ1) is 16.9. The van der Waals surface area contributed by atoms with Crippen molar-refractivity contribution in [1.82, 2.24) is 9.21 Å². The maximum Gasteiger partial charge on any atom is 0.219 e. The molecule has 1 saturated heterocycles. The van der Waals surface area contributed by atoms with Crippen LogP contribution in [0.4, 0.5) is 0 Å². The van der Waals surface area contributed by atoms with Crippen LogP contribution in [0.25, 0.3) is 0 Å².